The highest BCUT2D eigenvalue weighted by atomic mass is 19.2. The highest BCUT2D eigenvalue weighted by molar-refractivity contribution is 5.18. The van der Waals surface area contributed by atoms with E-state index in [-0.39, 0.29) is 6.04 Å². The van der Waals surface area contributed by atoms with Crippen LogP contribution in [0.3, 0.4) is 0 Å². The molecule has 0 heterocycles. The number of benzene rings is 1. The Hall–Kier alpha value is -1.00. The van der Waals surface area contributed by atoms with E-state index in [1.54, 1.807) is 6.07 Å². The van der Waals surface area contributed by atoms with Crippen molar-refractivity contribution in [1.82, 2.24) is 5.43 Å². The van der Waals surface area contributed by atoms with Crippen LogP contribution in [0.5, 0.6) is 0 Å². The molecule has 1 atom stereocenters. The first-order chi connectivity index (χ1) is 7.04. The van der Waals surface area contributed by atoms with Crippen LogP contribution in [0.4, 0.5) is 8.78 Å². The fourth-order valence-electron chi connectivity index (χ4n) is 1.41. The van der Waals surface area contributed by atoms with Gasteiger partial charge >= 0.3 is 0 Å². The van der Waals surface area contributed by atoms with Crippen LogP contribution >= 0.6 is 0 Å². The molecule has 0 aliphatic carbocycles. The van der Waals surface area contributed by atoms with Crippen molar-refractivity contribution in [2.45, 2.75) is 26.3 Å². The summed E-state index contributed by atoms with van der Waals surface area (Å²) in [4.78, 5) is 0. The van der Waals surface area contributed by atoms with Crippen LogP contribution in [0.2, 0.25) is 0 Å². The average Bonchev–Trinajstić information content (AvgIpc) is 2.19. The van der Waals surface area contributed by atoms with Gasteiger partial charge in [-0.05, 0) is 30.0 Å². The van der Waals surface area contributed by atoms with E-state index in [0.717, 1.165) is 11.6 Å². The molecule has 1 aromatic carbocycles. The van der Waals surface area contributed by atoms with Gasteiger partial charge in [-0.25, -0.2) is 8.78 Å². The predicted octanol–water partition coefficient (Wildman–Crippen LogP) is 2.00. The van der Waals surface area contributed by atoms with E-state index in [2.05, 4.69) is 5.43 Å². The fourth-order valence-corrected chi connectivity index (χ4v) is 1.41. The van der Waals surface area contributed by atoms with Gasteiger partial charge in [-0.15, -0.1) is 0 Å². The van der Waals surface area contributed by atoms with Gasteiger partial charge in [-0.1, -0.05) is 19.9 Å². The highest BCUT2D eigenvalue weighted by Crippen LogP contribution is 2.13. The van der Waals surface area contributed by atoms with Gasteiger partial charge < -0.3 is 0 Å². The van der Waals surface area contributed by atoms with Crippen molar-refractivity contribution in [1.29, 1.82) is 0 Å². The quantitative estimate of drug-likeness (QED) is 0.594. The number of hydrogen-bond donors (Lipinski definition) is 2. The Bertz CT molecular complexity index is 326. The number of halogens is 2. The standard InChI is InChI=1S/C11H16F2N2/c1-7(2)11(15-14)6-8-3-4-9(12)10(13)5-8/h3-5,7,11,15H,6,14H2,1-2H3. The van der Waals surface area contributed by atoms with E-state index >= 15 is 0 Å². The first-order valence-corrected chi connectivity index (χ1v) is 4.94. The highest BCUT2D eigenvalue weighted by Gasteiger charge is 2.13. The van der Waals surface area contributed by atoms with Crippen LogP contribution in [-0.4, -0.2) is 6.04 Å². The zero-order valence-electron chi connectivity index (χ0n) is 8.93. The third-order valence-electron chi connectivity index (χ3n) is 2.46. The number of rotatable bonds is 4. The van der Waals surface area contributed by atoms with E-state index in [0.29, 0.717) is 12.3 Å². The minimum atomic E-state index is -0.819. The molecule has 0 spiro atoms. The molecule has 1 rings (SSSR count). The average molecular weight is 214 g/mol. The van der Waals surface area contributed by atoms with Crippen molar-refractivity contribution in [2.24, 2.45) is 11.8 Å². The third kappa shape index (κ3) is 3.25. The van der Waals surface area contributed by atoms with Crippen LogP contribution in [0, 0.1) is 17.6 Å². The molecule has 0 aromatic heterocycles. The van der Waals surface area contributed by atoms with Crippen LogP contribution in [0.15, 0.2) is 18.2 Å². The summed E-state index contributed by atoms with van der Waals surface area (Å²) >= 11 is 0. The van der Waals surface area contributed by atoms with Crippen molar-refractivity contribution in [3.63, 3.8) is 0 Å². The molecule has 0 aliphatic heterocycles. The summed E-state index contributed by atoms with van der Waals surface area (Å²) in [5.41, 5.74) is 3.41. The number of hydrazine groups is 1. The molecule has 0 radical (unpaired) electrons. The molecule has 0 amide bonds. The lowest BCUT2D eigenvalue weighted by Crippen LogP contribution is -2.40. The van der Waals surface area contributed by atoms with Gasteiger partial charge in [0, 0.05) is 6.04 Å². The molecule has 2 nitrogen and oxygen atoms in total. The van der Waals surface area contributed by atoms with Crippen LogP contribution < -0.4 is 11.3 Å². The summed E-state index contributed by atoms with van der Waals surface area (Å²) in [6.07, 6.45) is 0.589. The van der Waals surface area contributed by atoms with Crippen molar-refractivity contribution < 1.29 is 8.78 Å². The second kappa shape index (κ2) is 5.19. The minimum absolute atomic E-state index is 0.0647. The second-order valence-corrected chi connectivity index (χ2v) is 3.97. The zero-order chi connectivity index (χ0) is 11.4. The molecule has 0 fully saturated rings. The van der Waals surface area contributed by atoms with E-state index in [4.69, 9.17) is 5.84 Å². The van der Waals surface area contributed by atoms with Gasteiger partial charge in [0.1, 0.15) is 0 Å². The lowest BCUT2D eigenvalue weighted by molar-refractivity contribution is 0.403. The van der Waals surface area contributed by atoms with Gasteiger partial charge in [-0.3, -0.25) is 11.3 Å². The lowest BCUT2D eigenvalue weighted by Gasteiger charge is -2.19. The first-order valence-electron chi connectivity index (χ1n) is 4.94. The summed E-state index contributed by atoms with van der Waals surface area (Å²) in [6, 6.07) is 3.99. The van der Waals surface area contributed by atoms with Gasteiger partial charge in [0.25, 0.3) is 0 Å². The monoisotopic (exact) mass is 214 g/mol. The van der Waals surface area contributed by atoms with E-state index < -0.39 is 11.6 Å². The molecule has 4 heteroatoms. The Morgan fingerprint density at radius 3 is 2.40 bits per heavy atom. The molecule has 0 aliphatic rings. The summed E-state index contributed by atoms with van der Waals surface area (Å²) in [7, 11) is 0. The molecule has 0 saturated carbocycles. The Kier molecular flexibility index (Phi) is 4.17. The zero-order valence-corrected chi connectivity index (χ0v) is 8.93. The Morgan fingerprint density at radius 1 is 1.27 bits per heavy atom. The number of nitrogens with one attached hydrogen (secondary N) is 1. The second-order valence-electron chi connectivity index (χ2n) is 3.97. The predicted molar refractivity (Wildman–Crippen MR) is 56.0 cm³/mol. The van der Waals surface area contributed by atoms with Crippen LogP contribution in [0.25, 0.3) is 0 Å². The molecule has 15 heavy (non-hydrogen) atoms. The maximum atomic E-state index is 12.9. The normalized spacial score (nSPS) is 13.2. The topological polar surface area (TPSA) is 38.0 Å². The Labute approximate surface area is 88.4 Å². The van der Waals surface area contributed by atoms with E-state index in [9.17, 15) is 8.78 Å². The summed E-state index contributed by atoms with van der Waals surface area (Å²) in [6.45, 7) is 4.04. The van der Waals surface area contributed by atoms with Gasteiger partial charge in [0.15, 0.2) is 11.6 Å². The van der Waals surface area contributed by atoms with Crippen molar-refractivity contribution in [2.75, 3.05) is 0 Å². The summed E-state index contributed by atoms with van der Waals surface area (Å²) in [5.74, 6) is 4.08. The smallest absolute Gasteiger partial charge is 0.159 e. The lowest BCUT2D eigenvalue weighted by atomic mass is 9.97. The Balaban J connectivity index is 2.75. The van der Waals surface area contributed by atoms with E-state index in [1.807, 2.05) is 13.8 Å². The summed E-state index contributed by atoms with van der Waals surface area (Å²) in [5, 5.41) is 0. The van der Waals surface area contributed by atoms with Gasteiger partial charge in [-0.2, -0.15) is 0 Å². The van der Waals surface area contributed by atoms with E-state index in [1.165, 1.54) is 6.07 Å². The van der Waals surface area contributed by atoms with Crippen LogP contribution in [0.1, 0.15) is 19.4 Å². The molecular formula is C11H16F2N2. The maximum absolute atomic E-state index is 12.9. The molecule has 3 N–H and O–H groups in total. The van der Waals surface area contributed by atoms with Crippen molar-refractivity contribution in [3.05, 3.63) is 35.4 Å². The molecule has 1 aromatic rings. The fraction of sp³-hybridized carbons (Fsp3) is 0.455. The minimum Gasteiger partial charge on any atom is -0.271 e. The van der Waals surface area contributed by atoms with Gasteiger partial charge in [0.2, 0.25) is 0 Å². The number of nitrogens with two attached hydrogens (primary N) is 1. The summed E-state index contributed by atoms with van der Waals surface area (Å²) < 4.78 is 25.6. The van der Waals surface area contributed by atoms with Crippen molar-refractivity contribution >= 4 is 0 Å². The maximum Gasteiger partial charge on any atom is 0.159 e. The first kappa shape index (κ1) is 12.1. The number of hydrogen-bond acceptors (Lipinski definition) is 2. The molecule has 0 bridgehead atoms. The molecular weight excluding hydrogens is 198 g/mol. The molecule has 84 valence electrons. The molecule has 0 saturated heterocycles. The largest absolute Gasteiger partial charge is 0.271 e. The SMILES string of the molecule is CC(C)C(Cc1ccc(F)c(F)c1)NN. The van der Waals surface area contributed by atoms with Gasteiger partial charge in [0.05, 0.1) is 0 Å². The van der Waals surface area contributed by atoms with Crippen molar-refractivity contribution in [3.8, 4) is 0 Å². The third-order valence-corrected chi connectivity index (χ3v) is 2.46. The molecule has 1 unspecified atom stereocenters. The van der Waals surface area contributed by atoms with Crippen LogP contribution in [-0.2, 0) is 6.42 Å². The Morgan fingerprint density at radius 2 is 1.93 bits per heavy atom.